The smallest absolute Gasteiger partial charge is 0.169 e. The molecule has 5 nitrogen and oxygen atoms in total. The minimum absolute atomic E-state index is 0.182. The maximum atomic E-state index is 6.48. The normalized spacial score (nSPS) is 17.7. The van der Waals surface area contributed by atoms with Crippen molar-refractivity contribution >= 4 is 72.9 Å². The van der Waals surface area contributed by atoms with Gasteiger partial charge in [0, 0.05) is 54.4 Å². The number of allylic oxidation sites excluding steroid dienone is 3. The van der Waals surface area contributed by atoms with Crippen LogP contribution in [0.1, 0.15) is 34.3 Å². The molecule has 0 amide bonds. The van der Waals surface area contributed by atoms with E-state index in [1.165, 1.54) is 49.1 Å². The number of hydrogen-bond acceptors (Lipinski definition) is 5. The quantitative estimate of drug-likeness (QED) is 0.191. The van der Waals surface area contributed by atoms with E-state index in [9.17, 15) is 0 Å². The summed E-state index contributed by atoms with van der Waals surface area (Å²) in [5, 5.41) is 8.52. The highest BCUT2D eigenvalue weighted by molar-refractivity contribution is 8.00. The summed E-state index contributed by atoms with van der Waals surface area (Å²) in [6, 6.07) is 58.0. The number of aliphatic imine (C=N–C) groups is 2. The molecule has 2 unspecified atom stereocenters. The zero-order valence-electron chi connectivity index (χ0n) is 30.7. The Bertz CT molecular complexity index is 3100. The average Bonchev–Trinajstić information content (AvgIpc) is 3.96. The maximum Gasteiger partial charge on any atom is 0.169 e. The van der Waals surface area contributed by atoms with Crippen LogP contribution in [0.4, 0.5) is 0 Å². The molecule has 0 radical (unpaired) electrons. The second-order valence-corrected chi connectivity index (χ2v) is 16.1. The van der Waals surface area contributed by atoms with Crippen LogP contribution < -0.4 is 5.32 Å². The van der Waals surface area contributed by atoms with E-state index in [2.05, 4.69) is 156 Å². The van der Waals surface area contributed by atoms with Gasteiger partial charge < -0.3 is 14.3 Å². The van der Waals surface area contributed by atoms with Crippen LogP contribution in [-0.2, 0) is 0 Å². The van der Waals surface area contributed by atoms with Crippen molar-refractivity contribution in [2.45, 2.75) is 22.2 Å². The zero-order valence-corrected chi connectivity index (χ0v) is 31.5. The lowest BCUT2D eigenvalue weighted by molar-refractivity contribution is 0.668. The average molecular weight is 751 g/mol. The van der Waals surface area contributed by atoms with Crippen molar-refractivity contribution in [1.82, 2.24) is 9.88 Å². The number of amidine groups is 2. The number of fused-ring (bicyclic) bond motifs is 9. The van der Waals surface area contributed by atoms with Gasteiger partial charge in [-0.25, -0.2) is 9.98 Å². The fraction of sp³-hybridized carbons (Fsp3) is 0.0588. The van der Waals surface area contributed by atoms with Crippen molar-refractivity contribution in [2.75, 3.05) is 0 Å². The SMILES string of the molecule is C1=CC2Sc3cccc(-c4ccc5oc6ccc(C7N=C(c8ccccc8)NC(c8ccccc8)=N7)cc6c5c4)c3C2C(n2c3ccccc3c3ccccc32)=C1. The minimum atomic E-state index is -0.425. The van der Waals surface area contributed by atoms with Crippen LogP contribution in [0, 0.1) is 0 Å². The molecule has 4 heterocycles. The number of benzene rings is 7. The molecule has 1 N–H and O–H groups in total. The van der Waals surface area contributed by atoms with Crippen LogP contribution in [-0.4, -0.2) is 21.5 Å². The van der Waals surface area contributed by atoms with Crippen molar-refractivity contribution in [2.24, 2.45) is 9.98 Å². The van der Waals surface area contributed by atoms with E-state index in [1.807, 2.05) is 48.2 Å². The Hall–Kier alpha value is -6.89. The molecule has 3 aliphatic rings. The summed E-state index contributed by atoms with van der Waals surface area (Å²) in [4.78, 5) is 11.6. The van der Waals surface area contributed by atoms with Gasteiger partial charge in [-0.3, -0.25) is 0 Å². The standard InChI is InChI=1S/C51H34N4OS/c1-3-13-31(14-4-1)49-52-50(32-15-5-2-6-16-32)54-51(53-49)34-26-28-44-39(30-34)38-29-33(25-27-43(38)56-44)35-19-11-23-45-47(35)48-42(22-12-24-46(48)57-45)55-40-20-9-7-17-36(40)37-18-8-10-21-41(37)55/h1-30,46,48,51H,(H,52,53,54). The van der Waals surface area contributed by atoms with Crippen molar-refractivity contribution in [3.8, 4) is 11.1 Å². The van der Waals surface area contributed by atoms with Gasteiger partial charge in [0.1, 0.15) is 22.8 Å². The second-order valence-electron chi connectivity index (χ2n) is 14.9. The van der Waals surface area contributed by atoms with Crippen molar-refractivity contribution in [3.05, 3.63) is 204 Å². The topological polar surface area (TPSA) is 54.8 Å². The molecular formula is C51H34N4OS. The lowest BCUT2D eigenvalue weighted by atomic mass is 9.84. The molecule has 9 aromatic rings. The molecule has 0 spiro atoms. The number of thioether (sulfide) groups is 1. The third-order valence-corrected chi connectivity index (χ3v) is 12.9. The number of rotatable bonds is 5. The second kappa shape index (κ2) is 12.8. The summed E-state index contributed by atoms with van der Waals surface area (Å²) in [5.41, 5.74) is 12.4. The van der Waals surface area contributed by atoms with Crippen molar-refractivity contribution in [3.63, 3.8) is 0 Å². The minimum Gasteiger partial charge on any atom is -0.456 e. The summed E-state index contributed by atoms with van der Waals surface area (Å²) in [5.74, 6) is 1.78. The van der Waals surface area contributed by atoms with Crippen LogP contribution >= 0.6 is 11.8 Å². The Kier molecular flexibility index (Phi) is 7.29. The monoisotopic (exact) mass is 750 g/mol. The Morgan fingerprint density at radius 3 is 1.89 bits per heavy atom. The molecule has 270 valence electrons. The van der Waals surface area contributed by atoms with E-state index in [4.69, 9.17) is 14.4 Å². The Morgan fingerprint density at radius 1 is 0.561 bits per heavy atom. The van der Waals surface area contributed by atoms with Gasteiger partial charge in [0.2, 0.25) is 0 Å². The molecule has 6 heteroatoms. The van der Waals surface area contributed by atoms with Gasteiger partial charge in [0.05, 0.1) is 11.0 Å². The van der Waals surface area contributed by atoms with Gasteiger partial charge >= 0.3 is 0 Å². The molecule has 12 rings (SSSR count). The fourth-order valence-corrected chi connectivity index (χ4v) is 10.4. The molecule has 2 aromatic heterocycles. The summed E-state index contributed by atoms with van der Waals surface area (Å²) >= 11 is 1.97. The highest BCUT2D eigenvalue weighted by Gasteiger charge is 2.39. The van der Waals surface area contributed by atoms with Crippen molar-refractivity contribution < 1.29 is 4.42 Å². The van der Waals surface area contributed by atoms with Gasteiger partial charge in [-0.15, -0.1) is 11.8 Å². The number of nitrogens with zero attached hydrogens (tertiary/aromatic N) is 3. The molecule has 2 aliphatic heterocycles. The predicted octanol–water partition coefficient (Wildman–Crippen LogP) is 12.5. The van der Waals surface area contributed by atoms with Gasteiger partial charge in [0.25, 0.3) is 0 Å². The van der Waals surface area contributed by atoms with Gasteiger partial charge in [-0.1, -0.05) is 133 Å². The van der Waals surface area contributed by atoms with E-state index < -0.39 is 6.17 Å². The first kappa shape index (κ1) is 32.4. The number of hydrogen-bond donors (Lipinski definition) is 1. The first-order chi connectivity index (χ1) is 28.2. The first-order valence-corrected chi connectivity index (χ1v) is 20.3. The first-order valence-electron chi connectivity index (χ1n) is 19.4. The van der Waals surface area contributed by atoms with E-state index in [1.54, 1.807) is 0 Å². The molecule has 0 saturated heterocycles. The molecule has 0 fully saturated rings. The van der Waals surface area contributed by atoms with Gasteiger partial charge in [-0.05, 0) is 70.8 Å². The van der Waals surface area contributed by atoms with Crippen LogP contribution in [0.5, 0.6) is 0 Å². The highest BCUT2D eigenvalue weighted by atomic mass is 32.2. The molecule has 7 aromatic carbocycles. The maximum absolute atomic E-state index is 6.48. The summed E-state index contributed by atoms with van der Waals surface area (Å²) in [6.07, 6.45) is 6.54. The van der Waals surface area contributed by atoms with Gasteiger partial charge in [-0.2, -0.15) is 0 Å². The largest absolute Gasteiger partial charge is 0.456 e. The van der Waals surface area contributed by atoms with E-state index >= 15 is 0 Å². The summed E-state index contributed by atoms with van der Waals surface area (Å²) < 4.78 is 8.99. The third-order valence-electron chi connectivity index (χ3n) is 11.6. The molecule has 2 atom stereocenters. The molecule has 1 aliphatic carbocycles. The Morgan fingerprint density at radius 2 is 1.19 bits per heavy atom. The van der Waals surface area contributed by atoms with E-state index in [0.717, 1.165) is 50.3 Å². The molecular weight excluding hydrogens is 717 g/mol. The van der Waals surface area contributed by atoms with Crippen LogP contribution in [0.3, 0.4) is 0 Å². The Labute approximate surface area is 333 Å². The molecule has 0 bridgehead atoms. The lowest BCUT2D eigenvalue weighted by Gasteiger charge is -2.27. The number of furan rings is 1. The molecule has 0 saturated carbocycles. The van der Waals surface area contributed by atoms with E-state index in [0.29, 0.717) is 5.25 Å². The van der Waals surface area contributed by atoms with E-state index in [-0.39, 0.29) is 5.92 Å². The summed E-state index contributed by atoms with van der Waals surface area (Å²) in [7, 11) is 0. The third kappa shape index (κ3) is 5.18. The van der Waals surface area contributed by atoms with Crippen LogP contribution in [0.25, 0.3) is 60.6 Å². The zero-order chi connectivity index (χ0) is 37.5. The van der Waals surface area contributed by atoms with Gasteiger partial charge in [0.15, 0.2) is 6.17 Å². The van der Waals surface area contributed by atoms with Crippen LogP contribution in [0.15, 0.2) is 201 Å². The Balaban J connectivity index is 0.983. The fourth-order valence-electron chi connectivity index (χ4n) is 9.05. The molecule has 57 heavy (non-hydrogen) atoms. The number of aromatic nitrogens is 1. The lowest BCUT2D eigenvalue weighted by Crippen LogP contribution is -2.35. The van der Waals surface area contributed by atoms with Crippen molar-refractivity contribution in [1.29, 1.82) is 0 Å². The van der Waals surface area contributed by atoms with Crippen LogP contribution in [0.2, 0.25) is 0 Å². The number of para-hydroxylation sites is 2. The number of nitrogens with one attached hydrogen (secondary N) is 1. The highest BCUT2D eigenvalue weighted by Crippen LogP contribution is 2.56. The predicted molar refractivity (Wildman–Crippen MR) is 236 cm³/mol. The summed E-state index contributed by atoms with van der Waals surface area (Å²) in [6.45, 7) is 0.